The molecule has 2 amide bonds. The topological polar surface area (TPSA) is 96.7 Å². The quantitative estimate of drug-likeness (QED) is 0.840. The molecule has 0 unspecified atom stereocenters. The molecule has 1 fully saturated rings. The van der Waals surface area contributed by atoms with Gasteiger partial charge in [-0.3, -0.25) is 0 Å². The normalized spacial score (nSPS) is 21.1. The third-order valence-electron chi connectivity index (χ3n) is 3.83. The molecule has 9 heteroatoms. The molecule has 0 spiro atoms. The van der Waals surface area contributed by atoms with Gasteiger partial charge in [0.15, 0.2) is 15.5 Å². The average molecular weight is 337 g/mol. The van der Waals surface area contributed by atoms with Crippen LogP contribution in [-0.4, -0.2) is 58.0 Å². The van der Waals surface area contributed by atoms with E-state index in [1.807, 2.05) is 0 Å². The van der Waals surface area contributed by atoms with E-state index in [0.29, 0.717) is 30.1 Å². The van der Waals surface area contributed by atoms with Crippen LogP contribution >= 0.6 is 0 Å². The molecule has 1 aliphatic rings. The summed E-state index contributed by atoms with van der Waals surface area (Å²) in [5, 5.41) is 7.01. The molecule has 1 aliphatic heterocycles. The van der Waals surface area contributed by atoms with Crippen LogP contribution in [0, 0.1) is 6.92 Å². The van der Waals surface area contributed by atoms with Gasteiger partial charge < -0.3 is 10.2 Å². The Bertz CT molecular complexity index is 845. The first kappa shape index (κ1) is 15.7. The van der Waals surface area contributed by atoms with Gasteiger partial charge in [0.25, 0.3) is 0 Å². The third kappa shape index (κ3) is 3.44. The van der Waals surface area contributed by atoms with E-state index in [0.717, 1.165) is 0 Å². The summed E-state index contributed by atoms with van der Waals surface area (Å²) in [6.45, 7) is 3.98. The van der Waals surface area contributed by atoms with Crippen LogP contribution < -0.4 is 5.32 Å². The van der Waals surface area contributed by atoms with Crippen LogP contribution in [0.5, 0.6) is 0 Å². The zero-order valence-electron chi connectivity index (χ0n) is 13.1. The highest BCUT2D eigenvalue weighted by atomic mass is 32.2. The van der Waals surface area contributed by atoms with E-state index in [1.165, 1.54) is 0 Å². The van der Waals surface area contributed by atoms with Crippen molar-refractivity contribution in [2.75, 3.05) is 23.4 Å². The second kappa shape index (κ2) is 5.80. The minimum Gasteiger partial charge on any atom is -0.321 e. The molecule has 1 N–H and O–H groups in total. The number of carbonyl (C=O) groups excluding carboxylic acids is 1. The lowest BCUT2D eigenvalue weighted by molar-refractivity contribution is 0.199. The molecular formula is C14H19N5O3S. The van der Waals surface area contributed by atoms with Crippen LogP contribution in [-0.2, 0) is 9.84 Å². The fourth-order valence-electron chi connectivity index (χ4n) is 2.78. The molecule has 23 heavy (non-hydrogen) atoms. The fourth-order valence-corrected chi connectivity index (χ4v) is 4.43. The molecule has 0 saturated carbocycles. The number of nitrogens with zero attached hydrogens (tertiary/aromatic N) is 4. The summed E-state index contributed by atoms with van der Waals surface area (Å²) in [7, 11) is -3.08. The Morgan fingerprint density at radius 2 is 2.17 bits per heavy atom. The molecule has 2 aromatic rings. The van der Waals surface area contributed by atoms with Crippen LogP contribution in [0.4, 0.5) is 10.5 Å². The van der Waals surface area contributed by atoms with E-state index >= 15 is 0 Å². The smallest absolute Gasteiger partial charge is 0.321 e. The number of fused-ring (bicyclic) bond motifs is 1. The van der Waals surface area contributed by atoms with Crippen LogP contribution in [0.2, 0.25) is 0 Å². The Kier molecular flexibility index (Phi) is 3.97. The minimum absolute atomic E-state index is 0.00171. The Balaban J connectivity index is 1.76. The maximum Gasteiger partial charge on any atom is 0.322 e. The van der Waals surface area contributed by atoms with E-state index < -0.39 is 9.84 Å². The van der Waals surface area contributed by atoms with Crippen LogP contribution in [0.15, 0.2) is 18.3 Å². The van der Waals surface area contributed by atoms with Gasteiger partial charge in [-0.2, -0.15) is 5.10 Å². The predicted octanol–water partition coefficient (Wildman–Crippen LogP) is 1.08. The Morgan fingerprint density at radius 1 is 1.39 bits per heavy atom. The minimum atomic E-state index is -3.08. The highest BCUT2D eigenvalue weighted by Gasteiger charge is 2.28. The number of aryl methyl sites for hydroxylation is 1. The zero-order chi connectivity index (χ0) is 16.6. The number of urea groups is 1. The molecule has 1 saturated heterocycles. The largest absolute Gasteiger partial charge is 0.322 e. The van der Waals surface area contributed by atoms with Gasteiger partial charge >= 0.3 is 6.03 Å². The SMILES string of the molecule is Cc1nc2ccc(NC(=O)N3CCCS(=O)(=O)C[C@@H]3C)cn2n1. The summed E-state index contributed by atoms with van der Waals surface area (Å²) < 4.78 is 25.2. The van der Waals surface area contributed by atoms with Crippen molar-refractivity contribution in [1.82, 2.24) is 19.5 Å². The summed E-state index contributed by atoms with van der Waals surface area (Å²) in [5.74, 6) is 0.785. The molecule has 1 atom stereocenters. The van der Waals surface area contributed by atoms with Crippen molar-refractivity contribution >= 4 is 27.2 Å². The molecular weight excluding hydrogens is 318 g/mol. The van der Waals surface area contributed by atoms with Crippen LogP contribution in [0.3, 0.4) is 0 Å². The molecule has 2 aromatic heterocycles. The van der Waals surface area contributed by atoms with Gasteiger partial charge in [0.1, 0.15) is 5.82 Å². The summed E-state index contributed by atoms with van der Waals surface area (Å²) >= 11 is 0. The number of hydrogen-bond acceptors (Lipinski definition) is 5. The van der Waals surface area contributed by atoms with Gasteiger partial charge in [-0.15, -0.1) is 0 Å². The third-order valence-corrected chi connectivity index (χ3v) is 5.73. The van der Waals surface area contributed by atoms with Gasteiger partial charge in [-0.25, -0.2) is 22.7 Å². The van der Waals surface area contributed by atoms with Crippen molar-refractivity contribution < 1.29 is 13.2 Å². The standard InChI is InChI=1S/C14H19N5O3S/c1-10-9-23(21,22)7-3-6-18(10)14(20)16-12-4-5-13-15-11(2)17-19(13)8-12/h4-5,8,10H,3,6-7,9H2,1-2H3,(H,16,20)/t10-/m0/s1. The lowest BCUT2D eigenvalue weighted by Gasteiger charge is -2.26. The highest BCUT2D eigenvalue weighted by Crippen LogP contribution is 2.15. The van der Waals surface area contributed by atoms with E-state index in [9.17, 15) is 13.2 Å². The van der Waals surface area contributed by atoms with Gasteiger partial charge in [0, 0.05) is 12.6 Å². The van der Waals surface area contributed by atoms with Gasteiger partial charge in [-0.05, 0) is 32.4 Å². The first-order chi connectivity index (χ1) is 10.8. The van der Waals surface area contributed by atoms with Crippen molar-refractivity contribution in [1.29, 1.82) is 0 Å². The fraction of sp³-hybridized carbons (Fsp3) is 0.500. The van der Waals surface area contributed by atoms with Gasteiger partial charge in [0.2, 0.25) is 0 Å². The van der Waals surface area contributed by atoms with E-state index in [-0.39, 0.29) is 23.6 Å². The van der Waals surface area contributed by atoms with Crippen molar-refractivity contribution in [2.24, 2.45) is 0 Å². The summed E-state index contributed by atoms with van der Waals surface area (Å²) in [6.07, 6.45) is 2.15. The zero-order valence-corrected chi connectivity index (χ0v) is 13.9. The number of amides is 2. The van der Waals surface area contributed by atoms with Crippen LogP contribution in [0.25, 0.3) is 5.65 Å². The summed E-state index contributed by atoms with van der Waals surface area (Å²) in [6, 6.07) is 2.87. The lowest BCUT2D eigenvalue weighted by atomic mass is 10.3. The molecule has 3 rings (SSSR count). The van der Waals surface area contributed by atoms with Crippen molar-refractivity contribution in [2.45, 2.75) is 26.3 Å². The van der Waals surface area contributed by atoms with E-state index in [1.54, 1.807) is 41.6 Å². The molecule has 3 heterocycles. The van der Waals surface area contributed by atoms with Crippen molar-refractivity contribution in [3.63, 3.8) is 0 Å². The highest BCUT2D eigenvalue weighted by molar-refractivity contribution is 7.91. The number of pyridine rings is 1. The number of carbonyl (C=O) groups is 1. The summed E-state index contributed by atoms with van der Waals surface area (Å²) in [5.41, 5.74) is 1.29. The monoisotopic (exact) mass is 337 g/mol. The second-order valence-electron chi connectivity index (χ2n) is 5.82. The molecule has 0 aliphatic carbocycles. The van der Waals surface area contributed by atoms with E-state index in [4.69, 9.17) is 0 Å². The maximum absolute atomic E-state index is 12.5. The predicted molar refractivity (Wildman–Crippen MR) is 86.2 cm³/mol. The molecule has 0 bridgehead atoms. The van der Waals surface area contributed by atoms with Gasteiger partial charge in [-0.1, -0.05) is 0 Å². The Labute approximate surface area is 134 Å². The molecule has 8 nitrogen and oxygen atoms in total. The number of nitrogens with one attached hydrogen (secondary N) is 1. The number of rotatable bonds is 1. The number of hydrogen-bond donors (Lipinski definition) is 1. The maximum atomic E-state index is 12.5. The second-order valence-corrected chi connectivity index (χ2v) is 8.05. The number of sulfone groups is 1. The van der Waals surface area contributed by atoms with Crippen molar-refractivity contribution in [3.05, 3.63) is 24.2 Å². The van der Waals surface area contributed by atoms with Crippen molar-refractivity contribution in [3.8, 4) is 0 Å². The van der Waals surface area contributed by atoms with Crippen LogP contribution in [0.1, 0.15) is 19.2 Å². The summed E-state index contributed by atoms with van der Waals surface area (Å²) in [4.78, 5) is 18.3. The molecule has 0 aromatic carbocycles. The molecule has 124 valence electrons. The first-order valence-electron chi connectivity index (χ1n) is 7.45. The average Bonchev–Trinajstić information content (AvgIpc) is 2.74. The Hall–Kier alpha value is -2.16. The first-order valence-corrected chi connectivity index (χ1v) is 9.27. The van der Waals surface area contributed by atoms with E-state index in [2.05, 4.69) is 15.4 Å². The number of aromatic nitrogens is 3. The molecule has 0 radical (unpaired) electrons. The van der Waals surface area contributed by atoms with Gasteiger partial charge in [0.05, 0.1) is 23.4 Å². The number of anilines is 1. The Morgan fingerprint density at radius 3 is 2.96 bits per heavy atom. The lowest BCUT2D eigenvalue weighted by Crippen LogP contribution is -2.43.